The maximum Gasteiger partial charge on any atom is 0.231 e. The monoisotopic (exact) mass is 478 g/mol. The molecule has 0 amide bonds. The molecule has 0 aliphatic heterocycles. The molecule has 0 saturated heterocycles. The molecule has 0 aliphatic carbocycles. The number of carbonyl (C=O) groups excluding carboxylic acids is 1. The van der Waals surface area contributed by atoms with Gasteiger partial charge in [-0.2, -0.15) is 0 Å². The molecule has 0 bridgehead atoms. The van der Waals surface area contributed by atoms with Crippen molar-refractivity contribution in [1.82, 2.24) is 9.47 Å². The van der Waals surface area contributed by atoms with E-state index in [0.717, 1.165) is 61.8 Å². The largest absolute Gasteiger partial charge is 0.309 e. The van der Waals surface area contributed by atoms with Gasteiger partial charge in [-0.05, 0) is 76.5 Å². The summed E-state index contributed by atoms with van der Waals surface area (Å²) in [5, 5.41) is -0.411. The van der Waals surface area contributed by atoms with Crippen molar-refractivity contribution in [2.45, 2.75) is 90.3 Å². The van der Waals surface area contributed by atoms with Gasteiger partial charge in [0.25, 0.3) is 0 Å². The number of allylic oxidation sites excluding steroid dienone is 4. The van der Waals surface area contributed by atoms with Crippen LogP contribution in [0.25, 0.3) is 10.9 Å². The van der Waals surface area contributed by atoms with Crippen molar-refractivity contribution in [3.05, 3.63) is 60.1 Å². The molecule has 4 heteroatoms. The van der Waals surface area contributed by atoms with Crippen LogP contribution in [0.15, 0.2) is 48.7 Å². The SMILES string of the molecule is [2H]C([2H])([2H])N(C([2H])([2H])[2H])C([2H])([2H])C([2H])([2H])c1cn(C(=O)CCCCCCC/C=C\C/C=C\CCCCC)c2cccc(F)c12. The first-order valence-electron chi connectivity index (χ1n) is 17.4. The Hall–Kier alpha value is -2.20. The molecule has 1 heterocycles. The van der Waals surface area contributed by atoms with Crippen LogP contribution in [-0.4, -0.2) is 35.8 Å². The smallest absolute Gasteiger partial charge is 0.231 e. The molecule has 0 spiro atoms. The summed E-state index contributed by atoms with van der Waals surface area (Å²) in [6, 6.07) is 3.72. The molecule has 0 N–H and O–H groups in total. The van der Waals surface area contributed by atoms with Crippen LogP contribution >= 0.6 is 0 Å². The second kappa shape index (κ2) is 16.4. The van der Waals surface area contributed by atoms with Gasteiger partial charge in [-0.3, -0.25) is 9.36 Å². The van der Waals surface area contributed by atoms with E-state index in [9.17, 15) is 4.79 Å². The zero-order valence-corrected chi connectivity index (χ0v) is 20.3. The molecule has 188 valence electrons. The highest BCUT2D eigenvalue weighted by Crippen LogP contribution is 2.25. The minimum atomic E-state index is -3.64. The number of halogens is 1. The van der Waals surface area contributed by atoms with E-state index in [0.29, 0.717) is 6.42 Å². The van der Waals surface area contributed by atoms with Crippen LogP contribution in [0.5, 0.6) is 0 Å². The highest BCUT2D eigenvalue weighted by molar-refractivity contribution is 5.94. The minimum Gasteiger partial charge on any atom is -0.309 e. The van der Waals surface area contributed by atoms with Crippen LogP contribution in [0, 0.1) is 5.82 Å². The van der Waals surface area contributed by atoms with E-state index in [1.807, 2.05) is 0 Å². The molecular weight excluding hydrogens is 423 g/mol. The Morgan fingerprint density at radius 1 is 1.03 bits per heavy atom. The first kappa shape index (κ1) is 16.5. The third-order valence-electron chi connectivity index (χ3n) is 5.69. The molecule has 1 aromatic heterocycles. The van der Waals surface area contributed by atoms with Gasteiger partial charge in [-0.1, -0.05) is 69.4 Å². The van der Waals surface area contributed by atoms with Gasteiger partial charge in [0.2, 0.25) is 5.91 Å². The highest BCUT2D eigenvalue weighted by Gasteiger charge is 2.16. The lowest BCUT2D eigenvalue weighted by Crippen LogP contribution is -2.15. The minimum absolute atomic E-state index is 0.0124. The van der Waals surface area contributed by atoms with Gasteiger partial charge < -0.3 is 4.90 Å². The van der Waals surface area contributed by atoms with Crippen LogP contribution in [0.2, 0.25) is 0 Å². The normalized spacial score (nSPS) is 18.1. The van der Waals surface area contributed by atoms with Gasteiger partial charge in [0.15, 0.2) is 0 Å². The topological polar surface area (TPSA) is 25.2 Å². The maximum atomic E-state index is 15.1. The molecule has 3 nitrogen and oxygen atoms in total. The van der Waals surface area contributed by atoms with Crippen molar-refractivity contribution in [3.63, 3.8) is 0 Å². The zero-order valence-electron chi connectivity index (χ0n) is 30.3. The van der Waals surface area contributed by atoms with E-state index < -0.39 is 54.4 Å². The van der Waals surface area contributed by atoms with E-state index in [1.165, 1.54) is 31.4 Å². The van der Waals surface area contributed by atoms with Gasteiger partial charge >= 0.3 is 0 Å². The van der Waals surface area contributed by atoms with E-state index >= 15 is 4.39 Å². The second-order valence-electron chi connectivity index (χ2n) is 8.49. The molecule has 34 heavy (non-hydrogen) atoms. The summed E-state index contributed by atoms with van der Waals surface area (Å²) in [4.78, 5) is 12.7. The predicted octanol–water partition coefficient (Wildman–Crippen LogP) is 8.34. The molecular formula is C30H45FN2O. The molecule has 1 aromatic carbocycles. The van der Waals surface area contributed by atoms with Gasteiger partial charge in [-0.15, -0.1) is 0 Å². The number of aryl methyl sites for hydroxylation is 1. The lowest BCUT2D eigenvalue weighted by atomic mass is 10.1. The molecule has 0 radical (unpaired) electrons. The maximum absolute atomic E-state index is 15.1. The van der Waals surface area contributed by atoms with Crippen LogP contribution in [-0.2, 0) is 6.37 Å². The Kier molecular flexibility index (Phi) is 7.96. The third kappa shape index (κ3) is 9.97. The molecule has 0 aliphatic rings. The van der Waals surface area contributed by atoms with Crippen molar-refractivity contribution >= 4 is 16.8 Å². The van der Waals surface area contributed by atoms with E-state index in [1.54, 1.807) is 0 Å². The Morgan fingerprint density at radius 3 is 2.47 bits per heavy atom. The predicted molar refractivity (Wildman–Crippen MR) is 144 cm³/mol. The number of hydrogen-bond acceptors (Lipinski definition) is 2. The van der Waals surface area contributed by atoms with Crippen molar-refractivity contribution < 1.29 is 22.9 Å². The number of unbranched alkanes of at least 4 members (excludes halogenated alkanes) is 8. The average Bonchev–Trinajstić information content (AvgIpc) is 3.30. The Labute approximate surface area is 220 Å². The molecule has 0 fully saturated rings. The summed E-state index contributed by atoms with van der Waals surface area (Å²) in [6.45, 7) is -8.54. The zero-order chi connectivity index (χ0) is 33.2. The first-order chi connectivity index (χ1) is 20.5. The van der Waals surface area contributed by atoms with Crippen LogP contribution in [0.4, 0.5) is 4.39 Å². The fourth-order valence-corrected chi connectivity index (χ4v) is 3.87. The summed E-state index contributed by atoms with van der Waals surface area (Å²) in [6.07, 6.45) is 17.6. The Bertz CT molecular complexity index is 1250. The van der Waals surface area contributed by atoms with Crippen LogP contribution < -0.4 is 0 Å². The number of carbonyl (C=O) groups is 1. The standard InChI is InChI=1S/C30H45FN2O/c1-4-5-6-7-8-9-10-11-12-13-14-15-16-17-18-22-29(34)33-25-26(23-24-32(2)3)30-27(31)20-19-21-28(30)33/h8-9,11-12,19-21,25H,4-7,10,13-18,22-24H2,1-3H3/b9-8-,12-11-/i2D3,3D3,23D2,24D2. The summed E-state index contributed by atoms with van der Waals surface area (Å²) < 4.78 is 95.4. The lowest BCUT2D eigenvalue weighted by molar-refractivity contribution is 0.0904. The number of likely N-dealkylation sites (N-methyl/N-ethyl adjacent to an activating group) is 1. The van der Waals surface area contributed by atoms with E-state index in [4.69, 9.17) is 13.7 Å². The molecule has 0 atom stereocenters. The van der Waals surface area contributed by atoms with Crippen LogP contribution in [0.1, 0.15) is 108 Å². The van der Waals surface area contributed by atoms with Crippen molar-refractivity contribution in [2.75, 3.05) is 20.4 Å². The van der Waals surface area contributed by atoms with Gasteiger partial charge in [0.05, 0.1) is 5.52 Å². The summed E-state index contributed by atoms with van der Waals surface area (Å²) in [5.41, 5.74) is -0.663. The number of aromatic nitrogens is 1. The number of hydrogen-bond donors (Lipinski definition) is 0. The Morgan fingerprint density at radius 2 is 1.74 bits per heavy atom. The highest BCUT2D eigenvalue weighted by atomic mass is 19.1. The quantitative estimate of drug-likeness (QED) is 0.169. The van der Waals surface area contributed by atoms with Gasteiger partial charge in [0.1, 0.15) is 5.82 Å². The first-order valence-corrected chi connectivity index (χ1v) is 12.4. The summed E-state index contributed by atoms with van der Waals surface area (Å²) >= 11 is 0. The van der Waals surface area contributed by atoms with E-state index in [-0.39, 0.29) is 11.9 Å². The van der Waals surface area contributed by atoms with Crippen LogP contribution in [0.3, 0.4) is 0 Å². The number of nitrogens with zero attached hydrogens (tertiary/aromatic N) is 2. The molecule has 0 saturated carbocycles. The fraction of sp³-hybridized carbons (Fsp3) is 0.567. The average molecular weight is 479 g/mol. The molecule has 2 rings (SSSR count). The Balaban J connectivity index is 2.05. The summed E-state index contributed by atoms with van der Waals surface area (Å²) in [5.74, 6) is -1.41. The van der Waals surface area contributed by atoms with Crippen molar-refractivity contribution in [1.29, 1.82) is 0 Å². The second-order valence-corrected chi connectivity index (χ2v) is 8.49. The number of fused-ring (bicyclic) bond motifs is 1. The molecule has 2 aromatic rings. The van der Waals surface area contributed by atoms with Crippen molar-refractivity contribution in [2.24, 2.45) is 0 Å². The number of benzene rings is 1. The van der Waals surface area contributed by atoms with Gasteiger partial charge in [0, 0.05) is 38.2 Å². The van der Waals surface area contributed by atoms with Gasteiger partial charge in [-0.25, -0.2) is 4.39 Å². The molecule has 0 unspecified atom stereocenters. The fourth-order valence-electron chi connectivity index (χ4n) is 3.87. The van der Waals surface area contributed by atoms with Crippen molar-refractivity contribution in [3.8, 4) is 0 Å². The van der Waals surface area contributed by atoms with E-state index in [2.05, 4.69) is 31.2 Å². The summed E-state index contributed by atoms with van der Waals surface area (Å²) in [7, 11) is 0. The number of rotatable bonds is 17. The lowest BCUT2D eigenvalue weighted by Gasteiger charge is -2.08. The third-order valence-corrected chi connectivity index (χ3v) is 5.69.